The van der Waals surface area contributed by atoms with Crippen LogP contribution in [0.3, 0.4) is 0 Å². The molecule has 0 fully saturated rings. The van der Waals surface area contributed by atoms with Crippen molar-refractivity contribution in [1.29, 1.82) is 0 Å². The minimum atomic E-state index is 0.161. The van der Waals surface area contributed by atoms with E-state index in [4.69, 9.17) is 17.3 Å². The van der Waals surface area contributed by atoms with Crippen LogP contribution in [0.4, 0.5) is 11.6 Å². The van der Waals surface area contributed by atoms with E-state index >= 15 is 0 Å². The van der Waals surface area contributed by atoms with E-state index in [0.29, 0.717) is 5.82 Å². The van der Waals surface area contributed by atoms with Crippen LogP contribution >= 0.6 is 11.6 Å². The molecular weight excluding hydrogens is 284 g/mol. The number of nitrogens with zero attached hydrogens (tertiary/aromatic N) is 3. The second kappa shape index (κ2) is 6.31. The summed E-state index contributed by atoms with van der Waals surface area (Å²) in [6.07, 6.45) is 1.52. The van der Waals surface area contributed by atoms with Gasteiger partial charge in [-0.1, -0.05) is 37.6 Å². The number of hydrogen-bond acceptors (Lipinski definition) is 4. The molecule has 1 aromatic carbocycles. The van der Waals surface area contributed by atoms with Gasteiger partial charge in [0.05, 0.1) is 6.04 Å². The Labute approximate surface area is 131 Å². The average Bonchev–Trinajstić information content (AvgIpc) is 2.46. The number of rotatable bonds is 4. The summed E-state index contributed by atoms with van der Waals surface area (Å²) in [5.41, 5.74) is 8.19. The molecule has 0 aliphatic carbocycles. The average molecular weight is 305 g/mol. The van der Waals surface area contributed by atoms with Crippen molar-refractivity contribution in [1.82, 2.24) is 9.97 Å². The molecule has 0 bridgehead atoms. The van der Waals surface area contributed by atoms with Gasteiger partial charge >= 0.3 is 0 Å². The summed E-state index contributed by atoms with van der Waals surface area (Å²) < 4.78 is 0. The van der Waals surface area contributed by atoms with E-state index in [2.05, 4.69) is 35.6 Å². The predicted molar refractivity (Wildman–Crippen MR) is 88.8 cm³/mol. The summed E-state index contributed by atoms with van der Waals surface area (Å²) in [5, 5.41) is 0.739. The molecule has 2 aromatic rings. The Kier molecular flexibility index (Phi) is 4.68. The third-order valence-corrected chi connectivity index (χ3v) is 3.99. The lowest BCUT2D eigenvalue weighted by Gasteiger charge is -2.29. The van der Waals surface area contributed by atoms with Crippen molar-refractivity contribution < 1.29 is 0 Å². The number of halogens is 1. The van der Waals surface area contributed by atoms with Crippen molar-refractivity contribution in [2.24, 2.45) is 0 Å². The highest BCUT2D eigenvalue weighted by Gasteiger charge is 2.20. The van der Waals surface area contributed by atoms with E-state index in [1.165, 1.54) is 11.9 Å². The van der Waals surface area contributed by atoms with Crippen LogP contribution in [-0.4, -0.2) is 17.0 Å². The zero-order valence-corrected chi connectivity index (χ0v) is 13.6. The molecule has 0 spiro atoms. The summed E-state index contributed by atoms with van der Waals surface area (Å²) >= 11 is 5.95. The second-order valence-electron chi connectivity index (χ2n) is 5.49. The standard InChI is InChI=1S/C16H21ClN4/c1-10(2)14-15(18)19-9-20-16(14)21(4)11(3)12-5-7-13(17)8-6-12/h5-11H,1-4H3,(H2,18,19,20). The molecule has 5 heteroatoms. The highest BCUT2D eigenvalue weighted by atomic mass is 35.5. The van der Waals surface area contributed by atoms with E-state index < -0.39 is 0 Å². The molecule has 4 nitrogen and oxygen atoms in total. The minimum absolute atomic E-state index is 0.161. The topological polar surface area (TPSA) is 55.0 Å². The molecule has 0 amide bonds. The van der Waals surface area contributed by atoms with Gasteiger partial charge in [0.1, 0.15) is 18.0 Å². The van der Waals surface area contributed by atoms with Crippen LogP contribution in [-0.2, 0) is 0 Å². The summed E-state index contributed by atoms with van der Waals surface area (Å²) in [6.45, 7) is 6.32. The van der Waals surface area contributed by atoms with Crippen molar-refractivity contribution in [3.63, 3.8) is 0 Å². The second-order valence-corrected chi connectivity index (χ2v) is 5.93. The van der Waals surface area contributed by atoms with Crippen LogP contribution in [0.5, 0.6) is 0 Å². The maximum Gasteiger partial charge on any atom is 0.137 e. The molecule has 1 atom stereocenters. The zero-order valence-electron chi connectivity index (χ0n) is 12.8. The third kappa shape index (κ3) is 3.27. The summed E-state index contributed by atoms with van der Waals surface area (Å²) in [5.74, 6) is 1.69. The van der Waals surface area contributed by atoms with Crippen molar-refractivity contribution in [2.45, 2.75) is 32.7 Å². The van der Waals surface area contributed by atoms with Crippen molar-refractivity contribution >= 4 is 23.2 Å². The molecule has 112 valence electrons. The Hall–Kier alpha value is -1.81. The number of nitrogen functional groups attached to an aromatic ring is 1. The number of anilines is 2. The Morgan fingerprint density at radius 3 is 2.29 bits per heavy atom. The van der Waals surface area contributed by atoms with E-state index in [1.54, 1.807) is 0 Å². The van der Waals surface area contributed by atoms with Crippen molar-refractivity contribution in [3.05, 3.63) is 46.7 Å². The molecule has 1 aromatic heterocycles. The van der Waals surface area contributed by atoms with E-state index in [1.807, 2.05) is 31.3 Å². The summed E-state index contributed by atoms with van der Waals surface area (Å²) in [6, 6.07) is 8.03. The van der Waals surface area contributed by atoms with Gasteiger partial charge in [-0.2, -0.15) is 0 Å². The Balaban J connectivity index is 2.37. The summed E-state index contributed by atoms with van der Waals surface area (Å²) in [4.78, 5) is 10.7. The molecule has 0 saturated heterocycles. The molecule has 1 heterocycles. The van der Waals surface area contributed by atoms with Gasteiger partial charge in [-0.15, -0.1) is 0 Å². The highest BCUT2D eigenvalue weighted by Crippen LogP contribution is 2.33. The van der Waals surface area contributed by atoms with Gasteiger partial charge in [0.15, 0.2) is 0 Å². The van der Waals surface area contributed by atoms with E-state index in [-0.39, 0.29) is 12.0 Å². The molecule has 0 aliphatic rings. The smallest absolute Gasteiger partial charge is 0.137 e. The van der Waals surface area contributed by atoms with E-state index in [0.717, 1.165) is 16.4 Å². The Bertz CT molecular complexity index is 610. The molecule has 0 saturated carbocycles. The van der Waals surface area contributed by atoms with Crippen LogP contribution in [0.25, 0.3) is 0 Å². The predicted octanol–water partition coefficient (Wildman–Crippen LogP) is 4.03. The third-order valence-electron chi connectivity index (χ3n) is 3.74. The quantitative estimate of drug-likeness (QED) is 0.926. The normalized spacial score (nSPS) is 12.5. The lowest BCUT2D eigenvalue weighted by Crippen LogP contribution is -2.25. The van der Waals surface area contributed by atoms with Gasteiger partial charge in [-0.25, -0.2) is 9.97 Å². The van der Waals surface area contributed by atoms with Crippen LogP contribution in [0.1, 0.15) is 43.9 Å². The van der Waals surface area contributed by atoms with E-state index in [9.17, 15) is 0 Å². The monoisotopic (exact) mass is 304 g/mol. The summed E-state index contributed by atoms with van der Waals surface area (Å²) in [7, 11) is 2.02. The van der Waals surface area contributed by atoms with Crippen molar-refractivity contribution in [2.75, 3.05) is 17.7 Å². The first-order chi connectivity index (χ1) is 9.91. The number of hydrogen-bond donors (Lipinski definition) is 1. The molecule has 2 N–H and O–H groups in total. The van der Waals surface area contributed by atoms with Gasteiger partial charge < -0.3 is 10.6 Å². The highest BCUT2D eigenvalue weighted by molar-refractivity contribution is 6.30. The molecule has 1 unspecified atom stereocenters. The van der Waals surface area contributed by atoms with Crippen molar-refractivity contribution in [3.8, 4) is 0 Å². The fraction of sp³-hybridized carbons (Fsp3) is 0.375. The molecule has 2 rings (SSSR count). The minimum Gasteiger partial charge on any atom is -0.383 e. The first kappa shape index (κ1) is 15.6. The largest absolute Gasteiger partial charge is 0.383 e. The SMILES string of the molecule is CC(C)c1c(N)ncnc1N(C)C(C)c1ccc(Cl)cc1. The lowest BCUT2D eigenvalue weighted by molar-refractivity contribution is 0.712. The van der Waals surface area contributed by atoms with Gasteiger partial charge in [-0.3, -0.25) is 0 Å². The first-order valence-electron chi connectivity index (χ1n) is 7.00. The maximum atomic E-state index is 6.02. The first-order valence-corrected chi connectivity index (χ1v) is 7.38. The Morgan fingerprint density at radius 1 is 1.10 bits per heavy atom. The van der Waals surface area contributed by atoms with Gasteiger partial charge in [0, 0.05) is 17.6 Å². The number of nitrogens with two attached hydrogens (primary N) is 1. The van der Waals surface area contributed by atoms with Crippen LogP contribution in [0.15, 0.2) is 30.6 Å². The number of aromatic nitrogens is 2. The molecule has 0 aliphatic heterocycles. The lowest BCUT2D eigenvalue weighted by atomic mass is 10.0. The Morgan fingerprint density at radius 2 is 1.71 bits per heavy atom. The van der Waals surface area contributed by atoms with Crippen LogP contribution < -0.4 is 10.6 Å². The van der Waals surface area contributed by atoms with Gasteiger partial charge in [0.25, 0.3) is 0 Å². The van der Waals surface area contributed by atoms with Crippen LogP contribution in [0, 0.1) is 0 Å². The molecule has 21 heavy (non-hydrogen) atoms. The van der Waals surface area contributed by atoms with Gasteiger partial charge in [-0.05, 0) is 30.5 Å². The number of benzene rings is 1. The fourth-order valence-corrected chi connectivity index (χ4v) is 2.51. The zero-order chi connectivity index (χ0) is 15.6. The molecule has 0 radical (unpaired) electrons. The molecular formula is C16H21ClN4. The fourth-order valence-electron chi connectivity index (χ4n) is 2.38. The maximum absolute atomic E-state index is 6.02. The van der Waals surface area contributed by atoms with Crippen LogP contribution in [0.2, 0.25) is 5.02 Å². The van der Waals surface area contributed by atoms with Gasteiger partial charge in [0.2, 0.25) is 0 Å².